The molecule has 0 saturated carbocycles. The summed E-state index contributed by atoms with van der Waals surface area (Å²) < 4.78 is 13.2. The Bertz CT molecular complexity index is 910. The van der Waals surface area contributed by atoms with E-state index in [0.717, 1.165) is 29.6 Å². The number of nitrogen functional groups attached to an aromatic ring is 1. The van der Waals surface area contributed by atoms with Crippen molar-refractivity contribution in [3.05, 3.63) is 60.0 Å². The number of nitrogens with two attached hydrogens (primary N) is 1. The Morgan fingerprint density at radius 2 is 2.08 bits per heavy atom. The maximum absolute atomic E-state index is 12.0. The Balaban J connectivity index is 1.33. The van der Waals surface area contributed by atoms with E-state index in [1.54, 1.807) is 4.52 Å². The lowest BCUT2D eigenvalue weighted by Crippen LogP contribution is -2.19. The third kappa shape index (κ3) is 3.39. The highest BCUT2D eigenvalue weighted by molar-refractivity contribution is 5.72. The monoisotopic (exact) mass is 352 g/mol. The molecular weight excluding hydrogens is 332 g/mol. The van der Waals surface area contributed by atoms with Gasteiger partial charge in [0.15, 0.2) is 5.82 Å². The van der Waals surface area contributed by atoms with E-state index < -0.39 is 0 Å². The zero-order valence-electron chi connectivity index (χ0n) is 14.2. The summed E-state index contributed by atoms with van der Waals surface area (Å²) in [5.74, 6) is 0.201. The molecule has 7 heteroatoms. The summed E-state index contributed by atoms with van der Waals surface area (Å²) in [4.78, 5) is 16.0. The smallest absolute Gasteiger partial charge is 0.310 e. The number of nitrogens with zero attached hydrogens (tertiary/aromatic N) is 3. The van der Waals surface area contributed by atoms with Gasteiger partial charge in [-0.2, -0.15) is 5.10 Å². The van der Waals surface area contributed by atoms with Crippen LogP contribution in [0.25, 0.3) is 5.52 Å². The molecule has 0 spiro atoms. The molecule has 0 aliphatic carbocycles. The summed E-state index contributed by atoms with van der Waals surface area (Å²) in [5.41, 5.74) is 8.52. The number of benzene rings is 1. The van der Waals surface area contributed by atoms with Crippen molar-refractivity contribution < 1.29 is 14.3 Å². The number of ether oxygens (including phenoxy) is 2. The second kappa shape index (κ2) is 7.13. The maximum Gasteiger partial charge on any atom is 0.310 e. The molecule has 3 aromatic rings. The van der Waals surface area contributed by atoms with Crippen LogP contribution < -0.4 is 5.73 Å². The third-order valence-corrected chi connectivity index (χ3v) is 4.57. The quantitative estimate of drug-likeness (QED) is 0.709. The van der Waals surface area contributed by atoms with Crippen molar-refractivity contribution in [2.45, 2.75) is 31.5 Å². The number of anilines is 1. The molecule has 1 fully saturated rings. The highest BCUT2D eigenvalue weighted by Crippen LogP contribution is 2.33. The largest absolute Gasteiger partial charge is 0.463 e. The van der Waals surface area contributed by atoms with Gasteiger partial charge in [0.25, 0.3) is 0 Å². The molecule has 3 heterocycles. The summed E-state index contributed by atoms with van der Waals surface area (Å²) in [6, 6.07) is 13.4. The molecule has 1 aromatic carbocycles. The minimum absolute atomic E-state index is 0.0929. The van der Waals surface area contributed by atoms with Crippen molar-refractivity contribution in [2.75, 3.05) is 12.3 Å². The standard InChI is InChI=1S/C19H20N4O3/c20-19-16-8-7-15(23(16)22-12-21-19)17-9-6-14(26-17)11-25-18(24)10-13-4-2-1-3-5-13/h1-5,7-8,12,14,17H,6,9-11H2,(H2,20,21,22). The Hall–Kier alpha value is -2.93. The van der Waals surface area contributed by atoms with Crippen LogP contribution in [-0.2, 0) is 20.7 Å². The normalized spacial score (nSPS) is 19.7. The molecule has 0 radical (unpaired) electrons. The number of fused-ring (bicyclic) bond motifs is 1. The zero-order valence-corrected chi connectivity index (χ0v) is 14.2. The van der Waals surface area contributed by atoms with Crippen molar-refractivity contribution >= 4 is 17.3 Å². The second-order valence-corrected chi connectivity index (χ2v) is 6.37. The predicted octanol–water partition coefficient (Wildman–Crippen LogP) is 2.32. The van der Waals surface area contributed by atoms with Crippen LogP contribution in [0.4, 0.5) is 5.82 Å². The topological polar surface area (TPSA) is 91.7 Å². The van der Waals surface area contributed by atoms with Gasteiger partial charge in [-0.15, -0.1) is 0 Å². The fourth-order valence-electron chi connectivity index (χ4n) is 3.26. The number of rotatable bonds is 5. The molecule has 2 aromatic heterocycles. The highest BCUT2D eigenvalue weighted by Gasteiger charge is 2.29. The molecule has 1 aliphatic rings. The molecule has 2 unspecified atom stereocenters. The fraction of sp³-hybridized carbons (Fsp3) is 0.316. The number of hydrogen-bond acceptors (Lipinski definition) is 6. The van der Waals surface area contributed by atoms with Gasteiger partial charge in [-0.05, 0) is 30.5 Å². The number of carbonyl (C=O) groups is 1. The minimum Gasteiger partial charge on any atom is -0.463 e. The fourth-order valence-corrected chi connectivity index (χ4v) is 3.26. The van der Waals surface area contributed by atoms with Gasteiger partial charge in [0.1, 0.15) is 24.6 Å². The van der Waals surface area contributed by atoms with Crippen molar-refractivity contribution in [3.63, 3.8) is 0 Å². The summed E-state index contributed by atoms with van der Waals surface area (Å²) in [6.45, 7) is 0.266. The molecule has 1 aliphatic heterocycles. The van der Waals surface area contributed by atoms with Gasteiger partial charge in [-0.1, -0.05) is 30.3 Å². The van der Waals surface area contributed by atoms with Gasteiger partial charge in [0.05, 0.1) is 18.2 Å². The van der Waals surface area contributed by atoms with E-state index in [4.69, 9.17) is 15.2 Å². The van der Waals surface area contributed by atoms with Crippen molar-refractivity contribution in [1.29, 1.82) is 0 Å². The van der Waals surface area contributed by atoms with Crippen LogP contribution >= 0.6 is 0 Å². The number of carbonyl (C=O) groups excluding carboxylic acids is 1. The SMILES string of the molecule is Nc1ncnn2c(C3CCC(COC(=O)Cc4ccccc4)O3)ccc12. The van der Waals surface area contributed by atoms with Gasteiger partial charge < -0.3 is 15.2 Å². The highest BCUT2D eigenvalue weighted by atomic mass is 16.6. The lowest BCUT2D eigenvalue weighted by molar-refractivity contribution is -0.146. The van der Waals surface area contributed by atoms with E-state index in [-0.39, 0.29) is 31.2 Å². The molecule has 4 rings (SSSR count). The van der Waals surface area contributed by atoms with E-state index in [9.17, 15) is 4.79 Å². The molecule has 2 atom stereocenters. The van der Waals surface area contributed by atoms with Gasteiger partial charge in [0.2, 0.25) is 0 Å². The molecule has 2 N–H and O–H groups in total. The Labute approximate surface area is 150 Å². The Kier molecular flexibility index (Phi) is 4.53. The predicted molar refractivity (Wildman–Crippen MR) is 95.4 cm³/mol. The van der Waals surface area contributed by atoms with E-state index in [1.807, 2.05) is 42.5 Å². The van der Waals surface area contributed by atoms with Crippen LogP contribution in [0.1, 0.15) is 30.2 Å². The average Bonchev–Trinajstić information content (AvgIpc) is 3.28. The van der Waals surface area contributed by atoms with E-state index >= 15 is 0 Å². The van der Waals surface area contributed by atoms with Crippen LogP contribution in [0.2, 0.25) is 0 Å². The molecule has 1 saturated heterocycles. The lowest BCUT2D eigenvalue weighted by Gasteiger charge is -2.14. The first-order chi connectivity index (χ1) is 12.7. The zero-order chi connectivity index (χ0) is 17.9. The molecule has 0 bridgehead atoms. The number of aromatic nitrogens is 3. The van der Waals surface area contributed by atoms with Gasteiger partial charge in [-0.3, -0.25) is 4.79 Å². The van der Waals surface area contributed by atoms with Crippen molar-refractivity contribution in [3.8, 4) is 0 Å². The van der Waals surface area contributed by atoms with Crippen LogP contribution in [0, 0.1) is 0 Å². The molecule has 7 nitrogen and oxygen atoms in total. The number of esters is 1. The Morgan fingerprint density at radius 1 is 1.23 bits per heavy atom. The number of hydrogen-bond donors (Lipinski definition) is 1. The second-order valence-electron chi connectivity index (χ2n) is 6.37. The molecule has 134 valence electrons. The third-order valence-electron chi connectivity index (χ3n) is 4.57. The first-order valence-electron chi connectivity index (χ1n) is 8.64. The van der Waals surface area contributed by atoms with Crippen LogP contribution in [-0.4, -0.2) is 33.3 Å². The summed E-state index contributed by atoms with van der Waals surface area (Å²) in [5, 5.41) is 4.25. The van der Waals surface area contributed by atoms with E-state index in [1.165, 1.54) is 6.33 Å². The van der Waals surface area contributed by atoms with Crippen LogP contribution in [0.3, 0.4) is 0 Å². The molecule has 0 amide bonds. The molecular formula is C19H20N4O3. The Morgan fingerprint density at radius 3 is 2.92 bits per heavy atom. The van der Waals surface area contributed by atoms with Crippen LogP contribution in [0.15, 0.2) is 48.8 Å². The first kappa shape index (κ1) is 16.5. The van der Waals surface area contributed by atoms with Crippen molar-refractivity contribution in [2.24, 2.45) is 0 Å². The summed E-state index contributed by atoms with van der Waals surface area (Å²) in [7, 11) is 0. The first-order valence-corrected chi connectivity index (χ1v) is 8.64. The summed E-state index contributed by atoms with van der Waals surface area (Å²) in [6.07, 6.45) is 3.18. The van der Waals surface area contributed by atoms with Crippen molar-refractivity contribution in [1.82, 2.24) is 14.6 Å². The average molecular weight is 352 g/mol. The van der Waals surface area contributed by atoms with Gasteiger partial charge in [-0.25, -0.2) is 9.50 Å². The van der Waals surface area contributed by atoms with Crippen LogP contribution in [0.5, 0.6) is 0 Å². The molecule has 26 heavy (non-hydrogen) atoms. The summed E-state index contributed by atoms with van der Waals surface area (Å²) >= 11 is 0. The van der Waals surface area contributed by atoms with E-state index in [0.29, 0.717) is 5.82 Å². The lowest BCUT2D eigenvalue weighted by atomic mass is 10.1. The maximum atomic E-state index is 12.0. The van der Waals surface area contributed by atoms with Gasteiger partial charge in [0, 0.05) is 0 Å². The van der Waals surface area contributed by atoms with E-state index in [2.05, 4.69) is 10.1 Å². The minimum atomic E-state index is -0.239. The van der Waals surface area contributed by atoms with Gasteiger partial charge >= 0.3 is 5.97 Å².